The average molecular weight is 331 g/mol. The largest absolute Gasteiger partial charge is 0.309 e. The van der Waals surface area contributed by atoms with E-state index in [-0.39, 0.29) is 5.56 Å². The monoisotopic (exact) mass is 331 g/mol. The first-order valence-corrected chi connectivity index (χ1v) is 9.72. The molecule has 0 radical (unpaired) electrons. The van der Waals surface area contributed by atoms with Crippen LogP contribution in [-0.4, -0.2) is 27.5 Å². The second-order valence-electron chi connectivity index (χ2n) is 7.33. The number of rotatable bonds is 3. The minimum absolute atomic E-state index is 0.0718. The fourth-order valence-electron chi connectivity index (χ4n) is 4.28. The molecule has 124 valence electrons. The number of hydrogen-bond donors (Lipinski definition) is 1. The van der Waals surface area contributed by atoms with Crippen LogP contribution >= 0.6 is 11.3 Å². The molecule has 1 aliphatic carbocycles. The van der Waals surface area contributed by atoms with Gasteiger partial charge in [-0.05, 0) is 50.1 Å². The topological polar surface area (TPSA) is 49.0 Å². The number of nitrogens with one attached hydrogen (secondary N) is 1. The summed E-state index contributed by atoms with van der Waals surface area (Å²) in [6.07, 6.45) is 7.18. The molecule has 2 aromatic rings. The normalized spacial score (nSPS) is 22.1. The summed E-state index contributed by atoms with van der Waals surface area (Å²) in [5.41, 5.74) is 1.34. The highest BCUT2D eigenvalue weighted by Gasteiger charge is 2.26. The molecule has 3 heterocycles. The second-order valence-corrected chi connectivity index (χ2v) is 8.41. The first kappa shape index (κ1) is 15.3. The predicted octanol–water partition coefficient (Wildman–Crippen LogP) is 3.48. The van der Waals surface area contributed by atoms with Gasteiger partial charge in [0, 0.05) is 10.9 Å². The van der Waals surface area contributed by atoms with Crippen LogP contribution in [0.15, 0.2) is 4.79 Å². The van der Waals surface area contributed by atoms with Gasteiger partial charge >= 0.3 is 0 Å². The van der Waals surface area contributed by atoms with Crippen LogP contribution in [0.2, 0.25) is 0 Å². The van der Waals surface area contributed by atoms with Gasteiger partial charge in [0.2, 0.25) is 0 Å². The smallest absolute Gasteiger partial charge is 0.259 e. The Morgan fingerprint density at radius 3 is 3.00 bits per heavy atom. The van der Waals surface area contributed by atoms with Crippen molar-refractivity contribution in [2.45, 2.75) is 65.0 Å². The molecule has 23 heavy (non-hydrogen) atoms. The molecule has 4 nitrogen and oxygen atoms in total. The van der Waals surface area contributed by atoms with E-state index in [1.54, 1.807) is 11.3 Å². The van der Waals surface area contributed by atoms with E-state index >= 15 is 0 Å². The van der Waals surface area contributed by atoms with Crippen molar-refractivity contribution in [3.63, 3.8) is 0 Å². The van der Waals surface area contributed by atoms with Crippen LogP contribution in [0.1, 0.15) is 55.8 Å². The van der Waals surface area contributed by atoms with Gasteiger partial charge in [0.1, 0.15) is 10.7 Å². The van der Waals surface area contributed by atoms with Crippen molar-refractivity contribution in [3.05, 3.63) is 26.6 Å². The molecule has 4 rings (SSSR count). The molecule has 0 spiro atoms. The van der Waals surface area contributed by atoms with E-state index < -0.39 is 0 Å². The van der Waals surface area contributed by atoms with E-state index in [1.165, 1.54) is 36.1 Å². The number of hydrogen-bond acceptors (Lipinski definition) is 4. The maximum Gasteiger partial charge on any atom is 0.259 e. The fraction of sp³-hybridized carbons (Fsp3) is 0.667. The van der Waals surface area contributed by atoms with Gasteiger partial charge in [0.15, 0.2) is 0 Å². The Morgan fingerprint density at radius 1 is 1.30 bits per heavy atom. The molecule has 1 fully saturated rings. The van der Waals surface area contributed by atoms with Crippen LogP contribution in [-0.2, 0) is 19.4 Å². The van der Waals surface area contributed by atoms with Gasteiger partial charge in [0.05, 0.1) is 11.9 Å². The van der Waals surface area contributed by atoms with Crippen molar-refractivity contribution < 1.29 is 0 Å². The van der Waals surface area contributed by atoms with Gasteiger partial charge in [0.25, 0.3) is 5.56 Å². The summed E-state index contributed by atoms with van der Waals surface area (Å²) in [5, 5.41) is 0.866. The first-order chi connectivity index (χ1) is 11.1. The minimum Gasteiger partial charge on any atom is -0.309 e. The zero-order chi connectivity index (χ0) is 16.0. The number of likely N-dealkylation sites (tertiary alicyclic amines) is 1. The third-order valence-corrected chi connectivity index (χ3v) is 6.60. The van der Waals surface area contributed by atoms with E-state index in [1.807, 2.05) is 0 Å². The molecule has 0 bridgehead atoms. The molecular formula is C18H25N3OS. The van der Waals surface area contributed by atoms with E-state index in [2.05, 4.69) is 23.7 Å². The van der Waals surface area contributed by atoms with Crippen molar-refractivity contribution in [2.24, 2.45) is 5.92 Å². The molecule has 1 N–H and O–H groups in total. The summed E-state index contributed by atoms with van der Waals surface area (Å²) in [5.74, 6) is 1.49. The highest BCUT2D eigenvalue weighted by molar-refractivity contribution is 7.18. The van der Waals surface area contributed by atoms with Gasteiger partial charge in [-0.15, -0.1) is 11.3 Å². The molecule has 1 aliphatic heterocycles. The van der Waals surface area contributed by atoms with E-state index in [4.69, 9.17) is 4.98 Å². The second kappa shape index (κ2) is 6.02. The standard InChI is InChI=1S/C18H25N3OS/c1-11(2)13-7-3-4-9-21(13)10-15-19-17(22)16-12-6-5-8-14(12)23-18(16)20-15/h11,13H,3-10H2,1-2H3,(H,19,20,22). The molecule has 2 aliphatic rings. The highest BCUT2D eigenvalue weighted by Crippen LogP contribution is 2.34. The Hall–Kier alpha value is -1.20. The molecule has 0 amide bonds. The first-order valence-electron chi connectivity index (χ1n) is 8.91. The summed E-state index contributed by atoms with van der Waals surface area (Å²) in [6, 6.07) is 0.609. The fourth-order valence-corrected chi connectivity index (χ4v) is 5.56. The minimum atomic E-state index is 0.0718. The summed E-state index contributed by atoms with van der Waals surface area (Å²) < 4.78 is 0. The van der Waals surface area contributed by atoms with Gasteiger partial charge in [-0.2, -0.15) is 0 Å². The molecule has 0 saturated carbocycles. The van der Waals surface area contributed by atoms with E-state index in [9.17, 15) is 4.79 Å². The molecule has 2 aromatic heterocycles. The van der Waals surface area contributed by atoms with Gasteiger partial charge in [-0.1, -0.05) is 20.3 Å². The number of nitrogens with zero attached hydrogens (tertiary/aromatic N) is 2. The zero-order valence-corrected chi connectivity index (χ0v) is 14.8. The molecule has 1 unspecified atom stereocenters. The molecule has 0 aromatic carbocycles. The Bertz CT molecular complexity index is 776. The van der Waals surface area contributed by atoms with Gasteiger partial charge in [-0.25, -0.2) is 4.98 Å². The Labute approximate surface area is 140 Å². The van der Waals surface area contributed by atoms with Crippen molar-refractivity contribution in [3.8, 4) is 0 Å². The maximum absolute atomic E-state index is 12.6. The third kappa shape index (κ3) is 2.74. The van der Waals surface area contributed by atoms with E-state index in [0.717, 1.165) is 42.0 Å². The number of aromatic nitrogens is 2. The maximum atomic E-state index is 12.6. The van der Waals surface area contributed by atoms with Gasteiger partial charge < -0.3 is 4.98 Å². The number of piperidine rings is 1. The van der Waals surface area contributed by atoms with Crippen LogP contribution in [0.25, 0.3) is 10.2 Å². The number of thiophene rings is 1. The number of fused-ring (bicyclic) bond motifs is 3. The average Bonchev–Trinajstić information content (AvgIpc) is 3.07. The molecule has 1 saturated heterocycles. The van der Waals surface area contributed by atoms with E-state index in [0.29, 0.717) is 12.0 Å². The van der Waals surface area contributed by atoms with Crippen molar-refractivity contribution in [2.75, 3.05) is 6.54 Å². The Morgan fingerprint density at radius 2 is 2.17 bits per heavy atom. The van der Waals surface area contributed by atoms with Crippen LogP contribution in [0.4, 0.5) is 0 Å². The van der Waals surface area contributed by atoms with Crippen molar-refractivity contribution in [1.29, 1.82) is 0 Å². The number of H-pyrrole nitrogens is 1. The quantitative estimate of drug-likeness (QED) is 0.937. The predicted molar refractivity (Wildman–Crippen MR) is 95.2 cm³/mol. The van der Waals surface area contributed by atoms with Crippen molar-refractivity contribution >= 4 is 21.6 Å². The molecule has 5 heteroatoms. The zero-order valence-electron chi connectivity index (χ0n) is 14.0. The number of aryl methyl sites for hydroxylation is 2. The van der Waals surface area contributed by atoms with Crippen LogP contribution < -0.4 is 5.56 Å². The lowest BCUT2D eigenvalue weighted by Crippen LogP contribution is -2.42. The van der Waals surface area contributed by atoms with Gasteiger partial charge in [-0.3, -0.25) is 9.69 Å². The lowest BCUT2D eigenvalue weighted by atomic mass is 9.93. The number of aromatic amines is 1. The summed E-state index contributed by atoms with van der Waals surface area (Å²) >= 11 is 1.73. The van der Waals surface area contributed by atoms with Crippen molar-refractivity contribution in [1.82, 2.24) is 14.9 Å². The van der Waals surface area contributed by atoms with Crippen LogP contribution in [0.3, 0.4) is 0 Å². The lowest BCUT2D eigenvalue weighted by Gasteiger charge is -2.37. The SMILES string of the molecule is CC(C)C1CCCCN1Cc1nc2sc3c(c2c(=O)[nH]1)CCC3. The molecular weight excluding hydrogens is 306 g/mol. The van der Waals surface area contributed by atoms with Crippen LogP contribution in [0, 0.1) is 5.92 Å². The summed E-state index contributed by atoms with van der Waals surface area (Å²) in [6.45, 7) is 6.49. The Balaban J connectivity index is 1.66. The highest BCUT2D eigenvalue weighted by atomic mass is 32.1. The third-order valence-electron chi connectivity index (χ3n) is 5.41. The lowest BCUT2D eigenvalue weighted by molar-refractivity contribution is 0.102. The summed E-state index contributed by atoms with van der Waals surface area (Å²) in [7, 11) is 0. The van der Waals surface area contributed by atoms with Crippen LogP contribution in [0.5, 0.6) is 0 Å². The summed E-state index contributed by atoms with van der Waals surface area (Å²) in [4.78, 5) is 25.3. The Kier molecular flexibility index (Phi) is 4.01. The molecule has 1 atom stereocenters.